The highest BCUT2D eigenvalue weighted by atomic mass is 32.2. The number of hydrogen-bond donors (Lipinski definition) is 1. The van der Waals surface area contributed by atoms with E-state index in [9.17, 15) is 0 Å². The molecule has 14 heavy (non-hydrogen) atoms. The third-order valence-electron chi connectivity index (χ3n) is 3.74. The Morgan fingerprint density at radius 1 is 1.14 bits per heavy atom. The van der Waals surface area contributed by atoms with Crippen molar-refractivity contribution in [3.05, 3.63) is 0 Å². The Morgan fingerprint density at radius 2 is 2.07 bits per heavy atom. The molecule has 2 fully saturated rings. The summed E-state index contributed by atoms with van der Waals surface area (Å²) in [5, 5.41) is 4.69. The molecule has 0 aromatic rings. The van der Waals surface area contributed by atoms with E-state index in [4.69, 9.17) is 0 Å². The maximum atomic E-state index is 3.78. The molecule has 2 rings (SSSR count). The summed E-state index contributed by atoms with van der Waals surface area (Å²) >= 11 is 2.19. The van der Waals surface area contributed by atoms with E-state index in [-0.39, 0.29) is 0 Å². The van der Waals surface area contributed by atoms with Crippen molar-refractivity contribution in [1.29, 1.82) is 0 Å². The summed E-state index contributed by atoms with van der Waals surface area (Å²) < 4.78 is 0. The highest BCUT2D eigenvalue weighted by Gasteiger charge is 2.24. The van der Waals surface area contributed by atoms with Crippen molar-refractivity contribution in [1.82, 2.24) is 5.32 Å². The second-order valence-corrected chi connectivity index (χ2v) is 6.32. The molecule has 3 atom stereocenters. The molecule has 0 aromatic heterocycles. The lowest BCUT2D eigenvalue weighted by Gasteiger charge is -2.25. The van der Waals surface area contributed by atoms with E-state index < -0.39 is 0 Å². The Hall–Kier alpha value is 0.310. The van der Waals surface area contributed by atoms with E-state index in [2.05, 4.69) is 24.0 Å². The SMILES string of the molecule is CC1CCCC1NCC1CCCCS1. The molecule has 1 aliphatic carbocycles. The van der Waals surface area contributed by atoms with Gasteiger partial charge in [-0.3, -0.25) is 0 Å². The molecule has 0 amide bonds. The summed E-state index contributed by atoms with van der Waals surface area (Å²) in [4.78, 5) is 0. The van der Waals surface area contributed by atoms with E-state index in [0.29, 0.717) is 0 Å². The van der Waals surface area contributed by atoms with Crippen LogP contribution in [0.15, 0.2) is 0 Å². The van der Waals surface area contributed by atoms with Gasteiger partial charge in [-0.25, -0.2) is 0 Å². The van der Waals surface area contributed by atoms with Crippen LogP contribution in [0.2, 0.25) is 0 Å². The Morgan fingerprint density at radius 3 is 2.71 bits per heavy atom. The van der Waals surface area contributed by atoms with Gasteiger partial charge in [-0.05, 0) is 37.4 Å². The van der Waals surface area contributed by atoms with Gasteiger partial charge in [0.15, 0.2) is 0 Å². The number of thioether (sulfide) groups is 1. The molecule has 0 aromatic carbocycles. The zero-order valence-corrected chi connectivity index (χ0v) is 10.1. The van der Waals surface area contributed by atoms with Crippen LogP contribution in [0.3, 0.4) is 0 Å². The van der Waals surface area contributed by atoms with Gasteiger partial charge in [0.05, 0.1) is 0 Å². The molecule has 2 heteroatoms. The van der Waals surface area contributed by atoms with E-state index in [1.54, 1.807) is 0 Å². The zero-order chi connectivity index (χ0) is 9.80. The van der Waals surface area contributed by atoms with Crippen molar-refractivity contribution in [2.75, 3.05) is 12.3 Å². The van der Waals surface area contributed by atoms with Crippen LogP contribution in [0.25, 0.3) is 0 Å². The normalized spacial score (nSPS) is 38.8. The predicted octanol–water partition coefficient (Wildman–Crippen LogP) is 3.05. The fourth-order valence-electron chi connectivity index (χ4n) is 2.70. The summed E-state index contributed by atoms with van der Waals surface area (Å²) in [7, 11) is 0. The first-order chi connectivity index (χ1) is 6.86. The van der Waals surface area contributed by atoms with Crippen LogP contribution in [0.5, 0.6) is 0 Å². The van der Waals surface area contributed by atoms with Crippen LogP contribution >= 0.6 is 11.8 Å². The van der Waals surface area contributed by atoms with E-state index in [1.165, 1.54) is 50.8 Å². The largest absolute Gasteiger partial charge is 0.313 e. The Bertz CT molecular complexity index is 166. The first-order valence-corrected chi connectivity index (χ1v) is 7.26. The van der Waals surface area contributed by atoms with Crippen LogP contribution in [-0.4, -0.2) is 23.6 Å². The van der Waals surface area contributed by atoms with Gasteiger partial charge in [-0.15, -0.1) is 0 Å². The molecule has 82 valence electrons. The summed E-state index contributed by atoms with van der Waals surface area (Å²) in [6.45, 7) is 3.67. The number of rotatable bonds is 3. The van der Waals surface area contributed by atoms with E-state index >= 15 is 0 Å². The van der Waals surface area contributed by atoms with Crippen molar-refractivity contribution in [3.63, 3.8) is 0 Å². The first-order valence-electron chi connectivity index (χ1n) is 6.21. The van der Waals surface area contributed by atoms with Crippen molar-refractivity contribution in [3.8, 4) is 0 Å². The van der Waals surface area contributed by atoms with Gasteiger partial charge in [0, 0.05) is 17.8 Å². The molecule has 1 saturated heterocycles. The van der Waals surface area contributed by atoms with Gasteiger partial charge >= 0.3 is 0 Å². The van der Waals surface area contributed by atoms with Crippen molar-refractivity contribution >= 4 is 11.8 Å². The second kappa shape index (κ2) is 5.41. The topological polar surface area (TPSA) is 12.0 Å². The second-order valence-electron chi connectivity index (χ2n) is 4.91. The Balaban J connectivity index is 1.65. The molecule has 3 unspecified atom stereocenters. The number of hydrogen-bond acceptors (Lipinski definition) is 2. The minimum Gasteiger partial charge on any atom is -0.313 e. The standard InChI is InChI=1S/C12H23NS/c1-10-5-4-7-12(10)13-9-11-6-2-3-8-14-11/h10-13H,2-9H2,1H3. The van der Waals surface area contributed by atoms with Gasteiger partial charge in [0.2, 0.25) is 0 Å². The van der Waals surface area contributed by atoms with E-state index in [0.717, 1.165) is 17.2 Å². The third kappa shape index (κ3) is 2.90. The quantitative estimate of drug-likeness (QED) is 0.773. The minimum absolute atomic E-state index is 0.831. The molecule has 1 nitrogen and oxygen atoms in total. The van der Waals surface area contributed by atoms with Crippen LogP contribution < -0.4 is 5.32 Å². The molecule has 1 saturated carbocycles. The van der Waals surface area contributed by atoms with Crippen LogP contribution in [0.1, 0.15) is 45.4 Å². The van der Waals surface area contributed by atoms with Gasteiger partial charge < -0.3 is 5.32 Å². The van der Waals surface area contributed by atoms with Crippen molar-refractivity contribution < 1.29 is 0 Å². The molecule has 0 spiro atoms. The molecule has 1 N–H and O–H groups in total. The zero-order valence-electron chi connectivity index (χ0n) is 9.30. The molecular formula is C12H23NS. The van der Waals surface area contributed by atoms with Crippen molar-refractivity contribution in [2.24, 2.45) is 5.92 Å². The van der Waals surface area contributed by atoms with Crippen LogP contribution in [0, 0.1) is 5.92 Å². The highest BCUT2D eigenvalue weighted by molar-refractivity contribution is 7.99. The molecule has 0 bridgehead atoms. The lowest BCUT2D eigenvalue weighted by molar-refractivity contribution is 0.421. The average molecular weight is 213 g/mol. The predicted molar refractivity (Wildman–Crippen MR) is 64.9 cm³/mol. The third-order valence-corrected chi connectivity index (χ3v) is 5.14. The first kappa shape index (κ1) is 10.8. The maximum absolute atomic E-state index is 3.78. The Labute approximate surface area is 92.4 Å². The van der Waals surface area contributed by atoms with Gasteiger partial charge in [0.1, 0.15) is 0 Å². The Kier molecular flexibility index (Phi) is 4.18. The molecule has 0 radical (unpaired) electrons. The van der Waals surface area contributed by atoms with E-state index in [1.807, 2.05) is 0 Å². The van der Waals surface area contributed by atoms with Crippen LogP contribution in [0.4, 0.5) is 0 Å². The minimum atomic E-state index is 0.831. The lowest BCUT2D eigenvalue weighted by Crippen LogP contribution is -2.36. The number of nitrogens with one attached hydrogen (secondary N) is 1. The fourth-order valence-corrected chi connectivity index (χ4v) is 3.95. The monoisotopic (exact) mass is 213 g/mol. The lowest BCUT2D eigenvalue weighted by atomic mass is 10.1. The summed E-state index contributed by atoms with van der Waals surface area (Å²) in [5.74, 6) is 2.32. The van der Waals surface area contributed by atoms with Gasteiger partial charge in [0.25, 0.3) is 0 Å². The van der Waals surface area contributed by atoms with Gasteiger partial charge in [-0.2, -0.15) is 11.8 Å². The summed E-state index contributed by atoms with van der Waals surface area (Å²) in [6.07, 6.45) is 8.64. The van der Waals surface area contributed by atoms with Gasteiger partial charge in [-0.1, -0.05) is 19.8 Å². The summed E-state index contributed by atoms with van der Waals surface area (Å²) in [5.41, 5.74) is 0. The summed E-state index contributed by atoms with van der Waals surface area (Å²) in [6, 6.07) is 0.831. The smallest absolute Gasteiger partial charge is 0.0172 e. The van der Waals surface area contributed by atoms with Crippen molar-refractivity contribution in [2.45, 2.75) is 56.7 Å². The average Bonchev–Trinajstić information content (AvgIpc) is 2.63. The molecule has 1 heterocycles. The molecular weight excluding hydrogens is 190 g/mol. The van der Waals surface area contributed by atoms with Crippen LogP contribution in [-0.2, 0) is 0 Å². The molecule has 2 aliphatic rings. The highest BCUT2D eigenvalue weighted by Crippen LogP contribution is 2.27. The molecule has 1 aliphatic heterocycles. The fraction of sp³-hybridized carbons (Fsp3) is 1.00. The maximum Gasteiger partial charge on any atom is 0.0172 e.